The summed E-state index contributed by atoms with van der Waals surface area (Å²) in [6, 6.07) is 4.98. The minimum Gasteiger partial charge on any atom is -0.519 e. The lowest BCUT2D eigenvalue weighted by Crippen LogP contribution is -1.69. The summed E-state index contributed by atoms with van der Waals surface area (Å²) < 4.78 is 0. The third kappa shape index (κ3) is 1.08. The summed E-state index contributed by atoms with van der Waals surface area (Å²) in [7, 11) is 0. The summed E-state index contributed by atoms with van der Waals surface area (Å²) in [5, 5.41) is 9.08. The van der Waals surface area contributed by atoms with Crippen molar-refractivity contribution < 1.29 is 5.11 Å². The molecule has 2 nitrogen and oxygen atoms in total. The number of aryl methyl sites for hydroxylation is 1. The lowest BCUT2D eigenvalue weighted by atomic mass is 10.2. The van der Waals surface area contributed by atoms with E-state index in [1.165, 1.54) is 0 Å². The summed E-state index contributed by atoms with van der Waals surface area (Å²) in [6.45, 7) is 8.49. The van der Waals surface area contributed by atoms with E-state index in [2.05, 4.69) is 4.85 Å². The van der Waals surface area contributed by atoms with E-state index in [0.29, 0.717) is 5.69 Å². The van der Waals surface area contributed by atoms with Gasteiger partial charge in [-0.1, -0.05) is 17.7 Å². The smallest absolute Gasteiger partial charge is 0.227 e. The number of phenols is 1. The zero-order valence-corrected chi connectivity index (χ0v) is 5.63. The fourth-order valence-corrected chi connectivity index (χ4v) is 0.728. The molecule has 0 bridgehead atoms. The third-order valence-corrected chi connectivity index (χ3v) is 1.25. The molecule has 1 N–H and O–H groups in total. The molecule has 0 amide bonds. The van der Waals surface area contributed by atoms with Gasteiger partial charge in [-0.05, 0) is 13.0 Å². The standard InChI is InChI=1S/C8H7NO/c1-6-3-4-7(9-2)8(10)5-6/h3-5,10H,1H3. The van der Waals surface area contributed by atoms with Crippen molar-refractivity contribution in [3.63, 3.8) is 0 Å². The van der Waals surface area contributed by atoms with Crippen LogP contribution >= 0.6 is 0 Å². The van der Waals surface area contributed by atoms with Gasteiger partial charge in [-0.15, -0.1) is 0 Å². The Morgan fingerprint density at radius 1 is 1.50 bits per heavy atom. The second-order valence-electron chi connectivity index (χ2n) is 2.10. The maximum Gasteiger partial charge on any atom is 0.227 e. The van der Waals surface area contributed by atoms with Crippen LogP contribution in [-0.4, -0.2) is 5.11 Å². The van der Waals surface area contributed by atoms with Crippen LogP contribution in [0.25, 0.3) is 4.85 Å². The molecule has 0 aliphatic rings. The maximum absolute atomic E-state index is 9.08. The molecular weight excluding hydrogens is 126 g/mol. The number of rotatable bonds is 0. The predicted molar refractivity (Wildman–Crippen MR) is 39.1 cm³/mol. The van der Waals surface area contributed by atoms with Gasteiger partial charge in [0.05, 0.1) is 6.57 Å². The average Bonchev–Trinajstić information content (AvgIpc) is 1.88. The van der Waals surface area contributed by atoms with Crippen molar-refractivity contribution >= 4 is 5.69 Å². The molecule has 0 saturated heterocycles. The van der Waals surface area contributed by atoms with E-state index < -0.39 is 0 Å². The lowest BCUT2D eigenvalue weighted by molar-refractivity contribution is 0.478. The SMILES string of the molecule is [C-]#[N+]c1ccc(C)cc1O. The van der Waals surface area contributed by atoms with Gasteiger partial charge in [0.2, 0.25) is 5.69 Å². The molecule has 1 rings (SSSR count). The highest BCUT2D eigenvalue weighted by atomic mass is 16.3. The van der Waals surface area contributed by atoms with Crippen LogP contribution in [0.4, 0.5) is 5.69 Å². The second kappa shape index (κ2) is 2.40. The van der Waals surface area contributed by atoms with Gasteiger partial charge in [0, 0.05) is 0 Å². The molecular formula is C8H7NO. The molecule has 0 aliphatic heterocycles. The van der Waals surface area contributed by atoms with Gasteiger partial charge >= 0.3 is 0 Å². The molecule has 0 atom stereocenters. The molecule has 0 unspecified atom stereocenters. The molecule has 0 spiro atoms. The van der Waals surface area contributed by atoms with Gasteiger partial charge in [0.25, 0.3) is 0 Å². The van der Waals surface area contributed by atoms with Gasteiger partial charge in [-0.25, -0.2) is 4.85 Å². The summed E-state index contributed by atoms with van der Waals surface area (Å²) in [5.41, 5.74) is 1.27. The lowest BCUT2D eigenvalue weighted by Gasteiger charge is -1.95. The first kappa shape index (κ1) is 6.63. The molecule has 0 heterocycles. The number of hydrogen-bond acceptors (Lipinski definition) is 1. The largest absolute Gasteiger partial charge is 0.519 e. The summed E-state index contributed by atoms with van der Waals surface area (Å²) in [4.78, 5) is 3.11. The van der Waals surface area contributed by atoms with E-state index in [-0.39, 0.29) is 5.75 Å². The summed E-state index contributed by atoms with van der Waals surface area (Å²) in [6.07, 6.45) is 0. The highest BCUT2D eigenvalue weighted by Crippen LogP contribution is 2.26. The zero-order valence-electron chi connectivity index (χ0n) is 5.63. The highest BCUT2D eigenvalue weighted by Gasteiger charge is 1.97. The molecule has 0 aromatic heterocycles. The van der Waals surface area contributed by atoms with Gasteiger partial charge in [0.1, 0.15) is 5.75 Å². The van der Waals surface area contributed by atoms with Crippen LogP contribution in [0.3, 0.4) is 0 Å². The van der Waals surface area contributed by atoms with Crippen LogP contribution in [0.15, 0.2) is 18.2 Å². The predicted octanol–water partition coefficient (Wildman–Crippen LogP) is 2.25. The monoisotopic (exact) mass is 133 g/mol. The van der Waals surface area contributed by atoms with Crippen LogP contribution in [0.2, 0.25) is 0 Å². The maximum atomic E-state index is 9.08. The first-order valence-electron chi connectivity index (χ1n) is 2.91. The number of phenolic OH excluding ortho intramolecular Hbond substituents is 1. The van der Waals surface area contributed by atoms with Crippen molar-refractivity contribution in [1.82, 2.24) is 0 Å². The molecule has 10 heavy (non-hydrogen) atoms. The van der Waals surface area contributed by atoms with Gasteiger partial charge in [-0.2, -0.15) is 0 Å². The molecule has 1 aromatic carbocycles. The van der Waals surface area contributed by atoms with Crippen molar-refractivity contribution in [2.24, 2.45) is 0 Å². The number of hydrogen-bond donors (Lipinski definition) is 1. The van der Waals surface area contributed by atoms with E-state index in [1.54, 1.807) is 18.2 Å². The number of nitrogens with zero attached hydrogens (tertiary/aromatic N) is 1. The van der Waals surface area contributed by atoms with Crippen molar-refractivity contribution in [3.05, 3.63) is 35.2 Å². The third-order valence-electron chi connectivity index (χ3n) is 1.25. The molecule has 0 aliphatic carbocycles. The Bertz CT molecular complexity index is 286. The van der Waals surface area contributed by atoms with Crippen LogP contribution in [-0.2, 0) is 0 Å². The number of aromatic hydroxyl groups is 1. The minimum atomic E-state index is 0.0648. The average molecular weight is 133 g/mol. The molecule has 1 aromatic rings. The van der Waals surface area contributed by atoms with Crippen LogP contribution < -0.4 is 0 Å². The molecule has 0 radical (unpaired) electrons. The minimum absolute atomic E-state index is 0.0648. The van der Waals surface area contributed by atoms with E-state index >= 15 is 0 Å². The van der Waals surface area contributed by atoms with Crippen molar-refractivity contribution in [3.8, 4) is 5.75 Å². The van der Waals surface area contributed by atoms with E-state index in [0.717, 1.165) is 5.56 Å². The quantitative estimate of drug-likeness (QED) is 0.539. The Morgan fingerprint density at radius 2 is 2.20 bits per heavy atom. The molecule has 2 heteroatoms. The Kier molecular flexibility index (Phi) is 1.59. The van der Waals surface area contributed by atoms with Gasteiger partial charge < -0.3 is 5.11 Å². The number of benzene rings is 1. The topological polar surface area (TPSA) is 24.6 Å². The Balaban J connectivity index is 3.23. The van der Waals surface area contributed by atoms with E-state index in [4.69, 9.17) is 11.7 Å². The fourth-order valence-electron chi connectivity index (χ4n) is 0.728. The van der Waals surface area contributed by atoms with Crippen molar-refractivity contribution in [2.45, 2.75) is 6.92 Å². The van der Waals surface area contributed by atoms with Crippen molar-refractivity contribution in [2.75, 3.05) is 0 Å². The molecule has 50 valence electrons. The summed E-state index contributed by atoms with van der Waals surface area (Å²) in [5.74, 6) is 0.0648. The van der Waals surface area contributed by atoms with Crippen LogP contribution in [0, 0.1) is 13.5 Å². The van der Waals surface area contributed by atoms with E-state index in [9.17, 15) is 0 Å². The highest BCUT2D eigenvalue weighted by molar-refractivity contribution is 5.57. The normalized spacial score (nSPS) is 8.80. The summed E-state index contributed by atoms with van der Waals surface area (Å²) >= 11 is 0. The van der Waals surface area contributed by atoms with Gasteiger partial charge in [-0.3, -0.25) is 0 Å². The Morgan fingerprint density at radius 3 is 2.70 bits per heavy atom. The van der Waals surface area contributed by atoms with Crippen molar-refractivity contribution in [1.29, 1.82) is 0 Å². The fraction of sp³-hybridized carbons (Fsp3) is 0.125. The first-order valence-corrected chi connectivity index (χ1v) is 2.91. The zero-order chi connectivity index (χ0) is 7.56. The first-order chi connectivity index (χ1) is 4.74. The Hall–Kier alpha value is -1.49. The van der Waals surface area contributed by atoms with E-state index in [1.807, 2.05) is 6.92 Å². The second-order valence-corrected chi connectivity index (χ2v) is 2.10. The van der Waals surface area contributed by atoms with Gasteiger partial charge in [0.15, 0.2) is 0 Å². The van der Waals surface area contributed by atoms with Crippen LogP contribution in [0.1, 0.15) is 5.56 Å². The Labute approximate surface area is 59.6 Å². The molecule has 0 fully saturated rings. The van der Waals surface area contributed by atoms with Crippen LogP contribution in [0.5, 0.6) is 5.75 Å². The molecule has 0 saturated carbocycles.